The predicted molar refractivity (Wildman–Crippen MR) is 162 cm³/mol. The molecule has 0 aliphatic heterocycles. The molecule has 11 heteroatoms. The summed E-state index contributed by atoms with van der Waals surface area (Å²) in [6, 6.07) is 32.3. The van der Waals surface area contributed by atoms with Crippen molar-refractivity contribution in [2.24, 2.45) is 5.14 Å². The first-order chi connectivity index (χ1) is 20.2. The molecule has 1 heterocycles. The van der Waals surface area contributed by atoms with Gasteiger partial charge in [0.05, 0.1) is 18.0 Å². The molecule has 0 aliphatic rings. The van der Waals surface area contributed by atoms with Crippen molar-refractivity contribution in [3.8, 4) is 5.75 Å². The Hall–Kier alpha value is -4.13. The first-order valence-corrected chi connectivity index (χ1v) is 15.5. The van der Waals surface area contributed by atoms with Gasteiger partial charge in [0.2, 0.25) is 0 Å². The SMILES string of the molecule is COc1cccc2c(C(=O)C(NCCc3ccccc3)c3ccccc3)cn(S(=O)(=O)c3ccccc3)c12.NS(=O)[O-]. The fourth-order valence-electron chi connectivity index (χ4n) is 4.64. The highest BCUT2D eigenvalue weighted by Crippen LogP contribution is 2.34. The van der Waals surface area contributed by atoms with Gasteiger partial charge >= 0.3 is 0 Å². The lowest BCUT2D eigenvalue weighted by atomic mass is 9.96. The number of carbonyl (C=O) groups is 1. The van der Waals surface area contributed by atoms with E-state index in [0.717, 1.165) is 21.5 Å². The topological polar surface area (TPSA) is 144 Å². The van der Waals surface area contributed by atoms with Crippen LogP contribution in [0.1, 0.15) is 27.5 Å². The van der Waals surface area contributed by atoms with Crippen LogP contribution in [0.3, 0.4) is 0 Å². The van der Waals surface area contributed by atoms with E-state index < -0.39 is 27.3 Å². The molecule has 0 fully saturated rings. The van der Waals surface area contributed by atoms with Gasteiger partial charge in [-0.2, -0.15) is 0 Å². The number of nitrogens with two attached hydrogens (primary N) is 1. The number of methoxy groups -OCH3 is 1. The molecule has 3 N–H and O–H groups in total. The number of hydrogen-bond acceptors (Lipinski definition) is 7. The lowest BCUT2D eigenvalue weighted by Gasteiger charge is -2.18. The van der Waals surface area contributed by atoms with Crippen molar-refractivity contribution >= 4 is 38.0 Å². The number of Topliss-reactive ketones (excluding diaryl/α,β-unsaturated/α-hetero) is 1. The van der Waals surface area contributed by atoms with Crippen molar-refractivity contribution in [2.45, 2.75) is 17.4 Å². The third-order valence-electron chi connectivity index (χ3n) is 6.54. The first-order valence-electron chi connectivity index (χ1n) is 12.9. The van der Waals surface area contributed by atoms with Crippen molar-refractivity contribution in [3.63, 3.8) is 0 Å². The lowest BCUT2D eigenvalue weighted by molar-refractivity contribution is 0.0945. The molecule has 4 aromatic carbocycles. The van der Waals surface area contributed by atoms with Gasteiger partial charge in [-0.05, 0) is 35.7 Å². The van der Waals surface area contributed by atoms with E-state index in [1.165, 1.54) is 25.4 Å². The summed E-state index contributed by atoms with van der Waals surface area (Å²) in [5.41, 5.74) is 2.60. The molecule has 42 heavy (non-hydrogen) atoms. The predicted octanol–water partition coefficient (Wildman–Crippen LogP) is 4.38. The molecule has 0 radical (unpaired) electrons. The van der Waals surface area contributed by atoms with Gasteiger partial charge in [-0.15, -0.1) is 0 Å². The molecule has 218 valence electrons. The summed E-state index contributed by atoms with van der Waals surface area (Å²) in [4.78, 5) is 14.3. The number of benzene rings is 4. The number of fused-ring (bicyclic) bond motifs is 1. The van der Waals surface area contributed by atoms with Crippen LogP contribution in [0.2, 0.25) is 0 Å². The molecule has 5 rings (SSSR count). The molecule has 0 amide bonds. The number of para-hydroxylation sites is 1. The average Bonchev–Trinajstić information content (AvgIpc) is 3.41. The fraction of sp³-hybridized carbons (Fsp3) is 0.129. The summed E-state index contributed by atoms with van der Waals surface area (Å²) in [5.74, 6) is 0.152. The Morgan fingerprint density at radius 3 is 2.10 bits per heavy atom. The highest BCUT2D eigenvalue weighted by molar-refractivity contribution is 7.90. The number of carbonyl (C=O) groups excluding carboxylic acids is 1. The molecule has 2 atom stereocenters. The van der Waals surface area contributed by atoms with Crippen molar-refractivity contribution in [2.75, 3.05) is 13.7 Å². The zero-order valence-electron chi connectivity index (χ0n) is 22.8. The van der Waals surface area contributed by atoms with Crippen LogP contribution in [0.5, 0.6) is 5.75 Å². The lowest BCUT2D eigenvalue weighted by Crippen LogP contribution is -2.30. The third-order valence-corrected chi connectivity index (χ3v) is 8.22. The Bertz CT molecular complexity index is 1760. The van der Waals surface area contributed by atoms with Gasteiger partial charge in [0.15, 0.2) is 5.78 Å². The average molecular weight is 605 g/mol. The van der Waals surface area contributed by atoms with Gasteiger partial charge in [0.1, 0.15) is 11.3 Å². The van der Waals surface area contributed by atoms with Crippen LogP contribution in [0.15, 0.2) is 120 Å². The Morgan fingerprint density at radius 1 is 0.929 bits per heavy atom. The summed E-state index contributed by atoms with van der Waals surface area (Å²) in [6.07, 6.45) is 2.17. The largest absolute Gasteiger partial charge is 0.760 e. The molecule has 0 saturated heterocycles. The molecule has 9 nitrogen and oxygen atoms in total. The number of nitrogens with one attached hydrogen (secondary N) is 1. The van der Waals surface area contributed by atoms with Gasteiger partial charge in [-0.25, -0.2) is 12.4 Å². The van der Waals surface area contributed by atoms with Crippen molar-refractivity contribution in [1.82, 2.24) is 9.29 Å². The minimum absolute atomic E-state index is 0.127. The van der Waals surface area contributed by atoms with Crippen LogP contribution >= 0.6 is 0 Å². The van der Waals surface area contributed by atoms with E-state index in [1.807, 2.05) is 48.5 Å². The fourth-order valence-corrected chi connectivity index (χ4v) is 6.04. The molecule has 5 aromatic rings. The minimum Gasteiger partial charge on any atom is -0.760 e. The van der Waals surface area contributed by atoms with E-state index in [-0.39, 0.29) is 10.7 Å². The van der Waals surface area contributed by atoms with Crippen LogP contribution < -0.4 is 15.2 Å². The normalized spacial score (nSPS) is 12.6. The Labute approximate surface area is 247 Å². The summed E-state index contributed by atoms with van der Waals surface area (Å²) in [7, 11) is -2.50. The smallest absolute Gasteiger partial charge is 0.268 e. The van der Waals surface area contributed by atoms with E-state index in [1.54, 1.807) is 36.4 Å². The Kier molecular flexibility index (Phi) is 10.4. The molecule has 0 saturated carbocycles. The van der Waals surface area contributed by atoms with Gasteiger partial charge < -0.3 is 14.6 Å². The maximum Gasteiger partial charge on any atom is 0.268 e. The number of hydrogen-bond donors (Lipinski definition) is 2. The summed E-state index contributed by atoms with van der Waals surface area (Å²) >= 11 is -2.36. The Morgan fingerprint density at radius 2 is 1.50 bits per heavy atom. The van der Waals surface area contributed by atoms with E-state index in [0.29, 0.717) is 28.8 Å². The standard InChI is InChI=1S/C31H28N2O4S.H3NO2S/c1-37-28-19-11-18-26-27(22-33(30(26)28)38(35,36)25-16-9-4-10-17-25)31(34)29(24-14-7-3-8-15-24)32-21-20-23-12-5-2-6-13-23;1-4(2)3/h2-19,22,29,32H,20-21H2,1H3;1H2,(H,2,3)/p-1. The quantitative estimate of drug-likeness (QED) is 0.178. The van der Waals surface area contributed by atoms with Crippen LogP contribution in [-0.2, 0) is 27.7 Å². The van der Waals surface area contributed by atoms with Crippen molar-refractivity contribution in [3.05, 3.63) is 132 Å². The zero-order valence-corrected chi connectivity index (χ0v) is 24.4. The maximum absolute atomic E-state index is 14.2. The molecule has 1 aromatic heterocycles. The number of ether oxygens (including phenoxy) is 1. The van der Waals surface area contributed by atoms with Gasteiger partial charge in [-0.1, -0.05) is 91.0 Å². The number of aromatic nitrogens is 1. The van der Waals surface area contributed by atoms with Crippen molar-refractivity contribution < 1.29 is 26.7 Å². The molecule has 0 bridgehead atoms. The molecular weight excluding hydrogens is 574 g/mol. The van der Waals surface area contributed by atoms with E-state index in [4.69, 9.17) is 13.5 Å². The molecule has 2 unspecified atom stereocenters. The second-order valence-corrected chi connectivity index (χ2v) is 11.5. The monoisotopic (exact) mass is 604 g/mol. The van der Waals surface area contributed by atoms with Crippen LogP contribution in [0.25, 0.3) is 10.9 Å². The first kappa shape index (κ1) is 30.8. The summed E-state index contributed by atoms with van der Waals surface area (Å²) in [5, 5.41) is 7.96. The van der Waals surface area contributed by atoms with E-state index in [9.17, 15) is 13.2 Å². The maximum atomic E-state index is 14.2. The number of rotatable bonds is 10. The van der Waals surface area contributed by atoms with E-state index in [2.05, 4.69) is 22.6 Å². The number of ketones is 1. The third kappa shape index (κ3) is 7.19. The second-order valence-electron chi connectivity index (χ2n) is 9.17. The van der Waals surface area contributed by atoms with Crippen LogP contribution in [0, 0.1) is 0 Å². The number of nitrogens with zero attached hydrogens (tertiary/aromatic N) is 1. The second kappa shape index (κ2) is 14.2. The van der Waals surface area contributed by atoms with Crippen LogP contribution in [-0.4, -0.2) is 40.6 Å². The molecule has 0 aliphatic carbocycles. The minimum atomic E-state index is -3.99. The summed E-state index contributed by atoms with van der Waals surface area (Å²) in [6.45, 7) is 0.569. The summed E-state index contributed by atoms with van der Waals surface area (Å²) < 4.78 is 51.7. The van der Waals surface area contributed by atoms with Gasteiger partial charge in [0, 0.05) is 35.0 Å². The van der Waals surface area contributed by atoms with E-state index >= 15 is 0 Å². The van der Waals surface area contributed by atoms with Crippen LogP contribution in [0.4, 0.5) is 0 Å². The highest BCUT2D eigenvalue weighted by Gasteiger charge is 2.29. The van der Waals surface area contributed by atoms with Gasteiger partial charge in [-0.3, -0.25) is 14.1 Å². The van der Waals surface area contributed by atoms with Crippen molar-refractivity contribution in [1.29, 1.82) is 0 Å². The molecule has 0 spiro atoms. The zero-order chi connectivity index (χ0) is 30.1. The molecular formula is C31H30N3O6S2-. The highest BCUT2D eigenvalue weighted by atomic mass is 32.2. The Balaban J connectivity index is 0.000000952. The van der Waals surface area contributed by atoms with Gasteiger partial charge in [0.25, 0.3) is 10.0 Å².